The van der Waals surface area contributed by atoms with Gasteiger partial charge in [0.25, 0.3) is 0 Å². The number of rotatable bonds is 5. The summed E-state index contributed by atoms with van der Waals surface area (Å²) >= 11 is 0. The lowest BCUT2D eigenvalue weighted by Gasteiger charge is -2.40. The fourth-order valence-corrected chi connectivity index (χ4v) is 3.74. The highest BCUT2D eigenvalue weighted by Crippen LogP contribution is 2.27. The second kappa shape index (κ2) is 7.69. The second-order valence-corrected chi connectivity index (χ2v) is 7.60. The van der Waals surface area contributed by atoms with E-state index in [2.05, 4.69) is 46.3 Å². The van der Waals surface area contributed by atoms with Gasteiger partial charge >= 0.3 is 0 Å². The highest BCUT2D eigenvalue weighted by molar-refractivity contribution is 5.83. The summed E-state index contributed by atoms with van der Waals surface area (Å²) in [6.45, 7) is 5.45. The molecule has 0 radical (unpaired) electrons. The maximum atomic E-state index is 13.4. The number of anilines is 1. The lowest BCUT2D eigenvalue weighted by Crippen LogP contribution is -2.51. The van der Waals surface area contributed by atoms with Crippen LogP contribution in [0.5, 0.6) is 0 Å². The van der Waals surface area contributed by atoms with Gasteiger partial charge in [0.1, 0.15) is 11.9 Å². The summed E-state index contributed by atoms with van der Waals surface area (Å²) in [5.41, 5.74) is 3.34. The molecule has 0 bridgehead atoms. The van der Waals surface area contributed by atoms with Crippen LogP contribution in [0.2, 0.25) is 0 Å². The number of amides is 1. The van der Waals surface area contributed by atoms with Gasteiger partial charge in [-0.1, -0.05) is 24.3 Å². The molecule has 0 aromatic heterocycles. The minimum Gasteiger partial charge on any atom is -0.369 e. The zero-order valence-corrected chi connectivity index (χ0v) is 15.7. The number of hydrogen-bond acceptors (Lipinski definition) is 3. The summed E-state index contributed by atoms with van der Waals surface area (Å²) in [5.74, 6) is -0.238. The lowest BCUT2D eigenvalue weighted by molar-refractivity contribution is -0.127. The fourth-order valence-electron chi connectivity index (χ4n) is 3.74. The van der Waals surface area contributed by atoms with Crippen LogP contribution >= 0.6 is 0 Å². The third-order valence-corrected chi connectivity index (χ3v) is 5.40. The highest BCUT2D eigenvalue weighted by Gasteiger charge is 2.33. The van der Waals surface area contributed by atoms with Crippen LogP contribution < -0.4 is 10.2 Å². The van der Waals surface area contributed by atoms with Gasteiger partial charge in [-0.3, -0.25) is 9.69 Å². The number of halogens is 1. The molecule has 1 saturated heterocycles. The first-order valence-electron chi connectivity index (χ1n) is 9.72. The molecule has 142 valence electrons. The Morgan fingerprint density at radius 1 is 1.07 bits per heavy atom. The number of carbonyl (C=O) groups is 1. The van der Waals surface area contributed by atoms with Crippen LogP contribution in [0, 0.1) is 12.7 Å². The molecule has 1 amide bonds. The molecule has 2 aliphatic rings. The van der Waals surface area contributed by atoms with E-state index in [9.17, 15) is 9.18 Å². The van der Waals surface area contributed by atoms with E-state index >= 15 is 0 Å². The van der Waals surface area contributed by atoms with Gasteiger partial charge in [0.2, 0.25) is 5.91 Å². The lowest BCUT2D eigenvalue weighted by atomic mass is 10.0. The van der Waals surface area contributed by atoms with Crippen LogP contribution in [0.15, 0.2) is 48.5 Å². The summed E-state index contributed by atoms with van der Waals surface area (Å²) in [5, 5.41) is 3.13. The minimum absolute atomic E-state index is 0.0353. The van der Waals surface area contributed by atoms with Crippen molar-refractivity contribution < 1.29 is 9.18 Å². The Labute approximate surface area is 160 Å². The van der Waals surface area contributed by atoms with Crippen molar-refractivity contribution >= 4 is 11.6 Å². The topological polar surface area (TPSA) is 35.6 Å². The molecule has 2 fully saturated rings. The zero-order valence-electron chi connectivity index (χ0n) is 15.7. The molecule has 4 nitrogen and oxygen atoms in total. The van der Waals surface area contributed by atoms with Crippen LogP contribution in [0.3, 0.4) is 0 Å². The van der Waals surface area contributed by atoms with Crippen LogP contribution in [0.4, 0.5) is 10.1 Å². The molecule has 1 aliphatic carbocycles. The first kappa shape index (κ1) is 18.0. The summed E-state index contributed by atoms with van der Waals surface area (Å²) in [6.07, 6.45) is 2.12. The highest BCUT2D eigenvalue weighted by atomic mass is 19.1. The molecular weight excluding hydrogens is 341 g/mol. The van der Waals surface area contributed by atoms with Gasteiger partial charge in [0.05, 0.1) is 0 Å². The number of nitrogens with one attached hydrogen (secondary N) is 1. The smallest absolute Gasteiger partial charge is 0.242 e. The van der Waals surface area contributed by atoms with E-state index in [4.69, 9.17) is 0 Å². The van der Waals surface area contributed by atoms with E-state index in [0.29, 0.717) is 6.04 Å². The number of carbonyl (C=O) groups excluding carboxylic acids is 1. The van der Waals surface area contributed by atoms with Gasteiger partial charge < -0.3 is 10.2 Å². The van der Waals surface area contributed by atoms with Gasteiger partial charge in [-0.2, -0.15) is 0 Å². The van der Waals surface area contributed by atoms with Gasteiger partial charge in [-0.05, 0) is 55.2 Å². The molecule has 1 saturated carbocycles. The molecule has 0 unspecified atom stereocenters. The van der Waals surface area contributed by atoms with Crippen molar-refractivity contribution in [2.75, 3.05) is 31.1 Å². The van der Waals surface area contributed by atoms with E-state index in [1.807, 2.05) is 0 Å². The first-order chi connectivity index (χ1) is 13.1. The first-order valence-corrected chi connectivity index (χ1v) is 9.72. The normalized spacial score (nSPS) is 19.0. The molecule has 2 aromatic carbocycles. The molecular formula is C22H26FN3O. The monoisotopic (exact) mass is 367 g/mol. The fraction of sp³-hybridized carbons (Fsp3) is 0.409. The predicted octanol–water partition coefficient (Wildman–Crippen LogP) is 3.28. The summed E-state index contributed by atoms with van der Waals surface area (Å²) in [6, 6.07) is 14.8. The molecule has 1 atom stereocenters. The molecule has 4 rings (SSSR count). The molecule has 1 N–H and O–H groups in total. The Morgan fingerprint density at radius 2 is 1.78 bits per heavy atom. The van der Waals surface area contributed by atoms with Gasteiger partial charge in [-0.15, -0.1) is 0 Å². The predicted molar refractivity (Wildman–Crippen MR) is 105 cm³/mol. The number of benzene rings is 2. The van der Waals surface area contributed by atoms with Crippen molar-refractivity contribution in [3.63, 3.8) is 0 Å². The summed E-state index contributed by atoms with van der Waals surface area (Å²) < 4.78 is 13.4. The van der Waals surface area contributed by atoms with E-state index in [1.54, 1.807) is 12.1 Å². The second-order valence-electron chi connectivity index (χ2n) is 7.60. The van der Waals surface area contributed by atoms with Gasteiger partial charge in [0, 0.05) is 37.9 Å². The van der Waals surface area contributed by atoms with E-state index < -0.39 is 0 Å². The van der Waals surface area contributed by atoms with Crippen molar-refractivity contribution in [1.29, 1.82) is 0 Å². The van der Waals surface area contributed by atoms with Gasteiger partial charge in [-0.25, -0.2) is 4.39 Å². The summed E-state index contributed by atoms with van der Waals surface area (Å²) in [4.78, 5) is 17.5. The van der Waals surface area contributed by atoms with Crippen molar-refractivity contribution in [2.45, 2.75) is 31.8 Å². The molecule has 0 spiro atoms. The number of nitrogens with zero attached hydrogens (tertiary/aromatic N) is 2. The minimum atomic E-state index is -0.356. The average Bonchev–Trinajstić information content (AvgIpc) is 3.48. The molecule has 1 aliphatic heterocycles. The molecule has 5 heteroatoms. The Hall–Kier alpha value is -2.40. The molecule has 27 heavy (non-hydrogen) atoms. The Balaban J connectivity index is 1.49. The number of piperazine rings is 1. The Morgan fingerprint density at radius 3 is 2.41 bits per heavy atom. The number of aryl methyl sites for hydroxylation is 1. The Kier molecular flexibility index (Phi) is 5.12. The van der Waals surface area contributed by atoms with Crippen LogP contribution in [0.25, 0.3) is 0 Å². The summed E-state index contributed by atoms with van der Waals surface area (Å²) in [7, 11) is 0. The Bertz CT molecular complexity index is 795. The number of hydrogen-bond donors (Lipinski definition) is 1. The quantitative estimate of drug-likeness (QED) is 0.881. The van der Waals surface area contributed by atoms with Crippen molar-refractivity contribution in [1.82, 2.24) is 10.2 Å². The van der Waals surface area contributed by atoms with Crippen molar-refractivity contribution in [2.24, 2.45) is 0 Å². The van der Waals surface area contributed by atoms with Crippen LogP contribution in [0.1, 0.15) is 30.0 Å². The average molecular weight is 367 g/mol. The molecule has 1 heterocycles. The largest absolute Gasteiger partial charge is 0.369 e. The van der Waals surface area contributed by atoms with Crippen molar-refractivity contribution in [3.8, 4) is 0 Å². The van der Waals surface area contributed by atoms with Crippen LogP contribution in [-0.2, 0) is 4.79 Å². The molecule has 2 aromatic rings. The van der Waals surface area contributed by atoms with E-state index in [-0.39, 0.29) is 17.8 Å². The SMILES string of the molecule is Cc1cccc(N2CCN([C@@H](C(=O)NC3CC3)c3ccc(F)cc3)CC2)c1. The van der Waals surface area contributed by atoms with E-state index in [1.165, 1.54) is 23.4 Å². The van der Waals surface area contributed by atoms with Crippen LogP contribution in [-0.4, -0.2) is 43.0 Å². The van der Waals surface area contributed by atoms with Gasteiger partial charge in [0.15, 0.2) is 0 Å². The van der Waals surface area contributed by atoms with E-state index in [0.717, 1.165) is 44.6 Å². The third kappa shape index (κ3) is 4.30. The third-order valence-electron chi connectivity index (χ3n) is 5.40. The maximum Gasteiger partial charge on any atom is 0.242 e. The van der Waals surface area contributed by atoms with Crippen molar-refractivity contribution in [3.05, 3.63) is 65.5 Å². The standard InChI is InChI=1S/C22H26FN3O/c1-16-3-2-4-20(15-16)25-11-13-26(14-12-25)21(22(27)24-19-9-10-19)17-5-7-18(23)8-6-17/h2-8,15,19,21H,9-14H2,1H3,(H,24,27)/t21-/m1/s1. The maximum absolute atomic E-state index is 13.4. The zero-order chi connectivity index (χ0) is 18.8.